The Balaban J connectivity index is 0.000000188. The molecule has 1 nitrogen and oxygen atoms in total. The Labute approximate surface area is 140 Å². The molecule has 3 aromatic rings. The van der Waals surface area contributed by atoms with Crippen LogP contribution >= 0.6 is 23.2 Å². The van der Waals surface area contributed by atoms with Gasteiger partial charge in [0, 0.05) is 18.0 Å². The molecular formula is C19H15Cl2N. The molecule has 0 radical (unpaired) electrons. The third-order valence-corrected chi connectivity index (χ3v) is 3.80. The van der Waals surface area contributed by atoms with Crippen LogP contribution in [0.2, 0.25) is 10.0 Å². The second kappa shape index (κ2) is 8.38. The zero-order valence-electron chi connectivity index (χ0n) is 11.9. The van der Waals surface area contributed by atoms with Gasteiger partial charge in [0.2, 0.25) is 0 Å². The van der Waals surface area contributed by atoms with Crippen LogP contribution in [0.15, 0.2) is 79.6 Å². The van der Waals surface area contributed by atoms with Crippen molar-refractivity contribution >= 4 is 29.3 Å². The molecule has 0 saturated carbocycles. The van der Waals surface area contributed by atoms with E-state index in [1.807, 2.05) is 54.6 Å². The first-order valence-electron chi connectivity index (χ1n) is 6.74. The predicted molar refractivity (Wildman–Crippen MR) is 96.2 cm³/mol. The number of rotatable bonds is 2. The molecule has 0 aliphatic heterocycles. The highest BCUT2D eigenvalue weighted by molar-refractivity contribution is 6.43. The highest BCUT2D eigenvalue weighted by Gasteiger charge is 2.05. The summed E-state index contributed by atoms with van der Waals surface area (Å²) in [6.45, 7) is 3.60. The average molecular weight is 328 g/mol. The molecule has 3 heteroatoms. The van der Waals surface area contributed by atoms with Crippen molar-refractivity contribution in [2.24, 2.45) is 0 Å². The lowest BCUT2D eigenvalue weighted by atomic mass is 10.1. The van der Waals surface area contributed by atoms with Crippen LogP contribution in [0.3, 0.4) is 0 Å². The van der Waals surface area contributed by atoms with Crippen molar-refractivity contribution in [2.45, 2.75) is 0 Å². The Morgan fingerprint density at radius 3 is 2.09 bits per heavy atom. The largest absolute Gasteiger partial charge is 0.265 e. The number of benzene rings is 2. The van der Waals surface area contributed by atoms with E-state index >= 15 is 0 Å². The van der Waals surface area contributed by atoms with Gasteiger partial charge in [-0.25, -0.2) is 0 Å². The highest BCUT2D eigenvalue weighted by atomic mass is 35.5. The maximum Gasteiger partial charge on any atom is 0.0670 e. The molecule has 0 aliphatic carbocycles. The van der Waals surface area contributed by atoms with Crippen LogP contribution in [-0.4, -0.2) is 4.98 Å². The van der Waals surface area contributed by atoms with E-state index in [1.165, 1.54) is 0 Å². The third kappa shape index (κ3) is 4.45. The minimum absolute atomic E-state index is 0.591. The molecule has 0 fully saturated rings. The van der Waals surface area contributed by atoms with Gasteiger partial charge in [0.1, 0.15) is 0 Å². The van der Waals surface area contributed by atoms with Crippen LogP contribution < -0.4 is 0 Å². The van der Waals surface area contributed by atoms with Crippen LogP contribution in [-0.2, 0) is 0 Å². The standard InChI is InChI=1S/C12H8Cl2.C7H7N/c13-11-8-4-7-10(12(11)14)9-5-2-1-3-6-9;1-2-7-3-5-8-6-4-7/h1-8H;2-6H,1H2. The average Bonchev–Trinajstić information content (AvgIpc) is 2.59. The second-order valence-corrected chi connectivity index (χ2v) is 5.24. The van der Waals surface area contributed by atoms with Crippen molar-refractivity contribution in [1.82, 2.24) is 4.98 Å². The minimum Gasteiger partial charge on any atom is -0.265 e. The molecule has 0 spiro atoms. The second-order valence-electron chi connectivity index (χ2n) is 4.45. The summed E-state index contributed by atoms with van der Waals surface area (Å²) >= 11 is 12.0. The zero-order chi connectivity index (χ0) is 15.8. The first-order valence-corrected chi connectivity index (χ1v) is 7.50. The SMILES string of the molecule is C=Cc1ccncc1.Clc1cccc(-c2ccccc2)c1Cl. The Morgan fingerprint density at radius 1 is 0.818 bits per heavy atom. The van der Waals surface area contributed by atoms with Gasteiger partial charge in [-0.2, -0.15) is 0 Å². The Morgan fingerprint density at radius 2 is 1.50 bits per heavy atom. The number of halogens is 2. The molecule has 0 N–H and O–H groups in total. The van der Waals surface area contributed by atoms with Gasteiger partial charge >= 0.3 is 0 Å². The molecular weight excluding hydrogens is 313 g/mol. The maximum atomic E-state index is 6.10. The van der Waals surface area contributed by atoms with E-state index in [0.717, 1.165) is 16.7 Å². The van der Waals surface area contributed by atoms with Crippen LogP contribution in [0.1, 0.15) is 5.56 Å². The van der Waals surface area contributed by atoms with Crippen LogP contribution in [0.5, 0.6) is 0 Å². The fraction of sp³-hybridized carbons (Fsp3) is 0. The van der Waals surface area contributed by atoms with E-state index in [9.17, 15) is 0 Å². The Kier molecular flexibility index (Phi) is 6.20. The molecule has 0 amide bonds. The van der Waals surface area contributed by atoms with E-state index in [0.29, 0.717) is 10.0 Å². The lowest BCUT2D eigenvalue weighted by molar-refractivity contribution is 1.32. The number of nitrogens with zero attached hydrogens (tertiary/aromatic N) is 1. The molecule has 0 aliphatic rings. The van der Waals surface area contributed by atoms with E-state index in [1.54, 1.807) is 24.5 Å². The lowest BCUT2D eigenvalue weighted by Gasteiger charge is -2.04. The molecule has 1 heterocycles. The van der Waals surface area contributed by atoms with Gasteiger partial charge in [-0.05, 0) is 29.3 Å². The summed E-state index contributed by atoms with van der Waals surface area (Å²) in [4.78, 5) is 3.85. The van der Waals surface area contributed by atoms with Crippen molar-refractivity contribution in [3.63, 3.8) is 0 Å². The molecule has 0 unspecified atom stereocenters. The van der Waals surface area contributed by atoms with Gasteiger partial charge in [-0.1, -0.05) is 78.3 Å². The quantitative estimate of drug-likeness (QED) is 0.531. The maximum absolute atomic E-state index is 6.10. The van der Waals surface area contributed by atoms with Crippen molar-refractivity contribution < 1.29 is 0 Å². The van der Waals surface area contributed by atoms with Gasteiger partial charge < -0.3 is 0 Å². The number of pyridine rings is 1. The van der Waals surface area contributed by atoms with Crippen LogP contribution in [0, 0.1) is 0 Å². The van der Waals surface area contributed by atoms with Gasteiger partial charge in [-0.3, -0.25) is 4.98 Å². The molecule has 22 heavy (non-hydrogen) atoms. The van der Waals surface area contributed by atoms with E-state index in [2.05, 4.69) is 11.6 Å². The lowest BCUT2D eigenvalue weighted by Crippen LogP contribution is -1.79. The topological polar surface area (TPSA) is 12.9 Å². The monoisotopic (exact) mass is 327 g/mol. The zero-order valence-corrected chi connectivity index (χ0v) is 13.4. The van der Waals surface area contributed by atoms with E-state index in [4.69, 9.17) is 23.2 Å². The predicted octanol–water partition coefficient (Wildman–Crippen LogP) is 6.39. The molecule has 2 aromatic carbocycles. The van der Waals surface area contributed by atoms with Crippen molar-refractivity contribution in [3.8, 4) is 11.1 Å². The summed E-state index contributed by atoms with van der Waals surface area (Å²) < 4.78 is 0. The number of hydrogen-bond donors (Lipinski definition) is 0. The highest BCUT2D eigenvalue weighted by Crippen LogP contribution is 2.32. The summed E-state index contributed by atoms with van der Waals surface area (Å²) in [5.74, 6) is 0. The van der Waals surface area contributed by atoms with E-state index < -0.39 is 0 Å². The summed E-state index contributed by atoms with van der Waals surface area (Å²) in [6, 6.07) is 19.4. The molecule has 0 bridgehead atoms. The fourth-order valence-electron chi connectivity index (χ4n) is 1.84. The molecule has 1 aromatic heterocycles. The fourth-order valence-corrected chi connectivity index (χ4v) is 2.25. The first-order chi connectivity index (χ1) is 10.7. The van der Waals surface area contributed by atoms with Crippen molar-refractivity contribution in [3.05, 3.63) is 95.2 Å². The van der Waals surface area contributed by atoms with Crippen LogP contribution in [0.25, 0.3) is 17.2 Å². The smallest absolute Gasteiger partial charge is 0.0670 e. The number of hydrogen-bond acceptors (Lipinski definition) is 1. The molecule has 0 saturated heterocycles. The number of aromatic nitrogens is 1. The molecule has 110 valence electrons. The summed E-state index contributed by atoms with van der Waals surface area (Å²) in [7, 11) is 0. The molecule has 3 rings (SSSR count). The summed E-state index contributed by atoms with van der Waals surface area (Å²) in [6.07, 6.45) is 5.29. The van der Waals surface area contributed by atoms with Gasteiger partial charge in [-0.15, -0.1) is 0 Å². The van der Waals surface area contributed by atoms with Gasteiger partial charge in [0.15, 0.2) is 0 Å². The van der Waals surface area contributed by atoms with Crippen molar-refractivity contribution in [2.75, 3.05) is 0 Å². The Hall–Kier alpha value is -2.09. The Bertz CT molecular complexity index is 725. The van der Waals surface area contributed by atoms with Crippen LogP contribution in [0.4, 0.5) is 0 Å². The summed E-state index contributed by atoms with van der Waals surface area (Å²) in [5.41, 5.74) is 3.17. The van der Waals surface area contributed by atoms with Gasteiger partial charge in [0.25, 0.3) is 0 Å². The normalized spacial score (nSPS) is 9.55. The van der Waals surface area contributed by atoms with Gasteiger partial charge in [0.05, 0.1) is 10.0 Å². The van der Waals surface area contributed by atoms with E-state index in [-0.39, 0.29) is 0 Å². The first kappa shape index (κ1) is 16.3. The minimum atomic E-state index is 0.591. The molecule has 0 atom stereocenters. The van der Waals surface area contributed by atoms with Crippen molar-refractivity contribution in [1.29, 1.82) is 0 Å². The summed E-state index contributed by atoms with van der Waals surface area (Å²) in [5, 5.41) is 1.20. The third-order valence-electron chi connectivity index (χ3n) is 2.98.